The van der Waals surface area contributed by atoms with Crippen LogP contribution >= 0.6 is 22.6 Å². The van der Waals surface area contributed by atoms with Crippen molar-refractivity contribution in [2.45, 2.75) is 6.42 Å². The summed E-state index contributed by atoms with van der Waals surface area (Å²) in [6.45, 7) is 1.88. The van der Waals surface area contributed by atoms with Crippen LogP contribution in [0.1, 0.15) is 16.8 Å². The molecule has 0 N–H and O–H groups in total. The zero-order chi connectivity index (χ0) is 14.8. The summed E-state index contributed by atoms with van der Waals surface area (Å²) in [4.78, 5) is 14.2. The number of nitrogens with zero attached hydrogens (tertiary/aromatic N) is 2. The predicted molar refractivity (Wildman–Crippen MR) is 86.1 cm³/mol. The average molecular weight is 408 g/mol. The number of benzene rings is 1. The molecule has 1 saturated heterocycles. The quantitative estimate of drug-likeness (QED) is 0.696. The molecule has 0 saturated carbocycles. The average Bonchev–Trinajstić information content (AvgIpc) is 2.63. The Bertz CT molecular complexity index is 603. The SMILES string of the molecule is CS(=O)(=O)N1CCCN(C(=O)c2ccccc2I)CC1. The fourth-order valence-corrected chi connectivity index (χ4v) is 3.73. The molecule has 1 amide bonds. The van der Waals surface area contributed by atoms with Crippen molar-refractivity contribution in [3.63, 3.8) is 0 Å². The smallest absolute Gasteiger partial charge is 0.254 e. The molecule has 1 aliphatic rings. The molecule has 1 aromatic carbocycles. The van der Waals surface area contributed by atoms with Gasteiger partial charge in [0, 0.05) is 29.7 Å². The van der Waals surface area contributed by atoms with Gasteiger partial charge in [0.2, 0.25) is 10.0 Å². The van der Waals surface area contributed by atoms with Gasteiger partial charge < -0.3 is 4.90 Å². The van der Waals surface area contributed by atoms with Crippen LogP contribution in [0.3, 0.4) is 0 Å². The van der Waals surface area contributed by atoms with Crippen molar-refractivity contribution >= 4 is 38.5 Å². The number of carbonyl (C=O) groups excluding carboxylic acids is 1. The van der Waals surface area contributed by atoms with Gasteiger partial charge in [-0.2, -0.15) is 0 Å². The number of rotatable bonds is 2. The fraction of sp³-hybridized carbons (Fsp3) is 0.462. The van der Waals surface area contributed by atoms with E-state index in [0.717, 1.165) is 3.57 Å². The van der Waals surface area contributed by atoms with Gasteiger partial charge in [-0.1, -0.05) is 12.1 Å². The van der Waals surface area contributed by atoms with E-state index in [1.165, 1.54) is 10.6 Å². The number of halogens is 1. The van der Waals surface area contributed by atoms with E-state index < -0.39 is 10.0 Å². The maximum atomic E-state index is 12.5. The first-order valence-electron chi connectivity index (χ1n) is 6.38. The van der Waals surface area contributed by atoms with Crippen LogP contribution in [0.4, 0.5) is 0 Å². The Morgan fingerprint density at radius 1 is 1.15 bits per heavy atom. The summed E-state index contributed by atoms with van der Waals surface area (Å²) >= 11 is 2.14. The maximum absolute atomic E-state index is 12.5. The minimum absolute atomic E-state index is 0.0228. The van der Waals surface area contributed by atoms with Crippen LogP contribution in [0.5, 0.6) is 0 Å². The van der Waals surface area contributed by atoms with Gasteiger partial charge in [-0.15, -0.1) is 0 Å². The third kappa shape index (κ3) is 3.70. The summed E-state index contributed by atoms with van der Waals surface area (Å²) in [5, 5.41) is 0. The number of carbonyl (C=O) groups is 1. The van der Waals surface area contributed by atoms with Gasteiger partial charge in [-0.25, -0.2) is 12.7 Å². The Morgan fingerprint density at radius 2 is 1.85 bits per heavy atom. The predicted octanol–water partition coefficient (Wildman–Crippen LogP) is 1.40. The van der Waals surface area contributed by atoms with Crippen molar-refractivity contribution in [2.24, 2.45) is 0 Å². The zero-order valence-electron chi connectivity index (χ0n) is 11.3. The maximum Gasteiger partial charge on any atom is 0.254 e. The molecular weight excluding hydrogens is 391 g/mol. The molecule has 110 valence electrons. The topological polar surface area (TPSA) is 57.7 Å². The normalized spacial score (nSPS) is 17.8. The molecule has 1 aliphatic heterocycles. The Hall–Kier alpha value is -0.670. The first kappa shape index (κ1) is 15.7. The van der Waals surface area contributed by atoms with Crippen LogP contribution in [0.25, 0.3) is 0 Å². The van der Waals surface area contributed by atoms with Crippen molar-refractivity contribution in [1.29, 1.82) is 0 Å². The van der Waals surface area contributed by atoms with Crippen LogP contribution in [0, 0.1) is 3.57 Å². The molecule has 0 atom stereocenters. The second-order valence-corrected chi connectivity index (χ2v) is 7.93. The Balaban J connectivity index is 2.11. The van der Waals surface area contributed by atoms with E-state index in [9.17, 15) is 13.2 Å². The first-order valence-corrected chi connectivity index (χ1v) is 9.31. The molecule has 2 rings (SSSR count). The molecule has 20 heavy (non-hydrogen) atoms. The van der Waals surface area contributed by atoms with E-state index >= 15 is 0 Å². The fourth-order valence-electron chi connectivity index (χ4n) is 2.23. The van der Waals surface area contributed by atoms with E-state index in [4.69, 9.17) is 0 Å². The highest BCUT2D eigenvalue weighted by atomic mass is 127. The van der Waals surface area contributed by atoms with Crippen molar-refractivity contribution in [3.8, 4) is 0 Å². The van der Waals surface area contributed by atoms with Gasteiger partial charge in [0.25, 0.3) is 5.91 Å². The molecule has 1 aromatic rings. The van der Waals surface area contributed by atoms with E-state index in [1.807, 2.05) is 24.3 Å². The summed E-state index contributed by atoms with van der Waals surface area (Å²) in [5.74, 6) is -0.0228. The van der Waals surface area contributed by atoms with Crippen molar-refractivity contribution in [2.75, 3.05) is 32.4 Å². The molecule has 0 radical (unpaired) electrons. The second kappa shape index (κ2) is 6.40. The summed E-state index contributed by atoms with van der Waals surface area (Å²) < 4.78 is 25.5. The molecule has 0 spiro atoms. The van der Waals surface area contributed by atoms with E-state index in [0.29, 0.717) is 38.2 Å². The Morgan fingerprint density at radius 3 is 2.50 bits per heavy atom. The van der Waals surface area contributed by atoms with Crippen LogP contribution in [0.2, 0.25) is 0 Å². The van der Waals surface area contributed by atoms with Gasteiger partial charge >= 0.3 is 0 Å². The van der Waals surface area contributed by atoms with Crippen LogP contribution in [0.15, 0.2) is 24.3 Å². The molecule has 1 fully saturated rings. The van der Waals surface area contributed by atoms with E-state index in [1.54, 1.807) is 4.90 Å². The highest BCUT2D eigenvalue weighted by Gasteiger charge is 2.25. The van der Waals surface area contributed by atoms with E-state index in [2.05, 4.69) is 22.6 Å². The minimum Gasteiger partial charge on any atom is -0.337 e. The minimum atomic E-state index is -3.18. The van der Waals surface area contributed by atoms with Crippen molar-refractivity contribution in [1.82, 2.24) is 9.21 Å². The molecule has 0 unspecified atom stereocenters. The third-order valence-electron chi connectivity index (χ3n) is 3.32. The van der Waals surface area contributed by atoms with Gasteiger partial charge in [0.05, 0.1) is 11.8 Å². The highest BCUT2D eigenvalue weighted by molar-refractivity contribution is 14.1. The molecule has 0 aromatic heterocycles. The summed E-state index contributed by atoms with van der Waals surface area (Å²) in [6, 6.07) is 7.44. The summed E-state index contributed by atoms with van der Waals surface area (Å²) in [5.41, 5.74) is 0.681. The second-order valence-electron chi connectivity index (χ2n) is 4.79. The first-order chi connectivity index (χ1) is 9.39. The zero-order valence-corrected chi connectivity index (χ0v) is 14.2. The molecule has 0 aliphatic carbocycles. The molecule has 0 bridgehead atoms. The van der Waals surface area contributed by atoms with Crippen LogP contribution in [-0.2, 0) is 10.0 Å². The number of sulfonamides is 1. The number of hydrogen-bond acceptors (Lipinski definition) is 3. The molecular formula is C13H17IN2O3S. The van der Waals surface area contributed by atoms with Gasteiger partial charge in [-0.05, 0) is 41.1 Å². The van der Waals surface area contributed by atoms with Gasteiger partial charge in [-0.3, -0.25) is 4.79 Å². The third-order valence-corrected chi connectivity index (χ3v) is 5.56. The van der Waals surface area contributed by atoms with Gasteiger partial charge in [0.15, 0.2) is 0 Å². The molecule has 7 heteroatoms. The molecule has 1 heterocycles. The van der Waals surface area contributed by atoms with Crippen molar-refractivity contribution in [3.05, 3.63) is 33.4 Å². The number of hydrogen-bond donors (Lipinski definition) is 0. The summed E-state index contributed by atoms with van der Waals surface area (Å²) in [7, 11) is -3.18. The Kier molecular flexibility index (Phi) is 5.03. The monoisotopic (exact) mass is 408 g/mol. The van der Waals surface area contributed by atoms with Crippen molar-refractivity contribution < 1.29 is 13.2 Å². The van der Waals surface area contributed by atoms with Crippen LogP contribution < -0.4 is 0 Å². The molecule has 5 nitrogen and oxygen atoms in total. The lowest BCUT2D eigenvalue weighted by atomic mass is 10.2. The lowest BCUT2D eigenvalue weighted by molar-refractivity contribution is 0.0763. The van der Waals surface area contributed by atoms with Gasteiger partial charge in [0.1, 0.15) is 0 Å². The lowest BCUT2D eigenvalue weighted by Crippen LogP contribution is -2.37. The van der Waals surface area contributed by atoms with E-state index in [-0.39, 0.29) is 5.91 Å². The standard InChI is InChI=1S/C13H17IN2O3S/c1-20(18,19)16-8-4-7-15(9-10-16)13(17)11-5-2-3-6-12(11)14/h2-3,5-6H,4,7-10H2,1H3. The lowest BCUT2D eigenvalue weighted by Gasteiger charge is -2.21. The summed E-state index contributed by atoms with van der Waals surface area (Å²) in [6.07, 6.45) is 1.88. The highest BCUT2D eigenvalue weighted by Crippen LogP contribution is 2.16. The Labute approximate surface area is 133 Å². The van der Waals surface area contributed by atoms with Crippen LogP contribution in [-0.4, -0.2) is 56.0 Å². The number of amides is 1. The largest absolute Gasteiger partial charge is 0.337 e.